The lowest BCUT2D eigenvalue weighted by atomic mass is 10.2. The fourth-order valence-electron chi connectivity index (χ4n) is 1.88. The molecule has 0 aliphatic heterocycles. The molecule has 4 nitrogen and oxygen atoms in total. The second-order valence-electron chi connectivity index (χ2n) is 4.37. The van der Waals surface area contributed by atoms with Crippen molar-refractivity contribution in [3.05, 3.63) is 48.2 Å². The van der Waals surface area contributed by atoms with Gasteiger partial charge in [0, 0.05) is 18.3 Å². The van der Waals surface area contributed by atoms with E-state index >= 15 is 0 Å². The first kappa shape index (κ1) is 14.2. The molecule has 0 saturated carbocycles. The van der Waals surface area contributed by atoms with Gasteiger partial charge in [-0.3, -0.25) is 0 Å². The lowest BCUT2D eigenvalue weighted by molar-refractivity contribution is 0.291. The summed E-state index contributed by atoms with van der Waals surface area (Å²) in [7, 11) is 1.66. The fourth-order valence-corrected chi connectivity index (χ4v) is 1.88. The van der Waals surface area contributed by atoms with Gasteiger partial charge in [-0.1, -0.05) is 25.1 Å². The van der Waals surface area contributed by atoms with Gasteiger partial charge in [0.2, 0.25) is 0 Å². The molecule has 1 N–H and O–H groups in total. The number of nitrogens with zero attached hydrogens (tertiary/aromatic N) is 1. The molecule has 0 aliphatic rings. The molecule has 4 heteroatoms. The van der Waals surface area contributed by atoms with Crippen LogP contribution >= 0.6 is 0 Å². The molecule has 0 unspecified atom stereocenters. The second-order valence-corrected chi connectivity index (χ2v) is 4.37. The lowest BCUT2D eigenvalue weighted by Gasteiger charge is -2.15. The molecule has 1 aromatic heterocycles. The van der Waals surface area contributed by atoms with Crippen LogP contribution in [0.2, 0.25) is 0 Å². The van der Waals surface area contributed by atoms with Crippen molar-refractivity contribution in [2.45, 2.75) is 19.9 Å². The Hall–Kier alpha value is -2.23. The van der Waals surface area contributed by atoms with E-state index in [0.29, 0.717) is 13.2 Å². The number of benzene rings is 1. The molecule has 0 aliphatic carbocycles. The predicted octanol–water partition coefficient (Wildman–Crippen LogP) is 3.49. The fraction of sp³-hybridized carbons (Fsp3) is 0.312. The first-order valence-corrected chi connectivity index (χ1v) is 6.78. The van der Waals surface area contributed by atoms with Gasteiger partial charge in [-0.2, -0.15) is 0 Å². The Labute approximate surface area is 119 Å². The zero-order valence-electron chi connectivity index (χ0n) is 11.9. The van der Waals surface area contributed by atoms with Crippen LogP contribution in [0.4, 0.5) is 5.82 Å². The van der Waals surface area contributed by atoms with Gasteiger partial charge >= 0.3 is 0 Å². The van der Waals surface area contributed by atoms with E-state index in [1.165, 1.54) is 0 Å². The minimum Gasteiger partial charge on any atom is -0.493 e. The van der Waals surface area contributed by atoms with E-state index in [-0.39, 0.29) is 0 Å². The summed E-state index contributed by atoms with van der Waals surface area (Å²) in [5, 5.41) is 3.28. The van der Waals surface area contributed by atoms with Crippen molar-refractivity contribution in [3.63, 3.8) is 0 Å². The molecule has 1 aromatic carbocycles. The van der Waals surface area contributed by atoms with Gasteiger partial charge in [-0.25, -0.2) is 4.98 Å². The van der Waals surface area contributed by atoms with Crippen LogP contribution in [-0.4, -0.2) is 18.7 Å². The Morgan fingerprint density at radius 3 is 2.75 bits per heavy atom. The number of para-hydroxylation sites is 1. The Kier molecular flexibility index (Phi) is 5.24. The third-order valence-electron chi connectivity index (χ3n) is 2.86. The van der Waals surface area contributed by atoms with Crippen LogP contribution < -0.4 is 14.8 Å². The lowest BCUT2D eigenvalue weighted by Crippen LogP contribution is -2.06. The van der Waals surface area contributed by atoms with E-state index in [1.54, 1.807) is 13.3 Å². The second kappa shape index (κ2) is 7.38. The highest BCUT2D eigenvalue weighted by atomic mass is 16.5. The Balaban J connectivity index is 2.13. The van der Waals surface area contributed by atoms with Crippen molar-refractivity contribution < 1.29 is 9.47 Å². The number of anilines is 1. The molecular formula is C16H20N2O2. The number of methoxy groups -OCH3 is 1. The van der Waals surface area contributed by atoms with Crippen LogP contribution in [0.25, 0.3) is 0 Å². The molecule has 2 aromatic rings. The molecule has 0 spiro atoms. The standard InChI is InChI=1S/C16H20N2O2/c1-3-11-20-16-13(7-6-8-14(16)19-2)12-18-15-9-4-5-10-17-15/h4-10H,3,11-12H2,1-2H3,(H,17,18). The molecule has 0 atom stereocenters. The first-order chi connectivity index (χ1) is 9.85. The van der Waals surface area contributed by atoms with Crippen LogP contribution in [0.3, 0.4) is 0 Å². The summed E-state index contributed by atoms with van der Waals surface area (Å²) in [6.45, 7) is 3.41. The number of hydrogen-bond donors (Lipinski definition) is 1. The summed E-state index contributed by atoms with van der Waals surface area (Å²) in [6.07, 6.45) is 2.73. The van der Waals surface area contributed by atoms with Crippen LogP contribution in [0.15, 0.2) is 42.6 Å². The highest BCUT2D eigenvalue weighted by Gasteiger charge is 2.10. The minimum atomic E-state index is 0.646. The smallest absolute Gasteiger partial charge is 0.166 e. The van der Waals surface area contributed by atoms with E-state index in [9.17, 15) is 0 Å². The van der Waals surface area contributed by atoms with Crippen molar-refractivity contribution in [3.8, 4) is 11.5 Å². The SMILES string of the molecule is CCCOc1c(CNc2ccccn2)cccc1OC. The Bertz CT molecular complexity index is 529. The number of rotatable bonds is 7. The quantitative estimate of drug-likeness (QED) is 0.838. The van der Waals surface area contributed by atoms with Gasteiger partial charge in [-0.05, 0) is 24.6 Å². The summed E-state index contributed by atoms with van der Waals surface area (Å²) >= 11 is 0. The molecule has 2 rings (SSSR count). The number of hydrogen-bond acceptors (Lipinski definition) is 4. The van der Waals surface area contributed by atoms with E-state index in [0.717, 1.165) is 29.3 Å². The molecule has 0 fully saturated rings. The summed E-state index contributed by atoms with van der Waals surface area (Å²) < 4.78 is 11.2. The van der Waals surface area contributed by atoms with Gasteiger partial charge in [-0.15, -0.1) is 0 Å². The summed E-state index contributed by atoms with van der Waals surface area (Å²) in [5.74, 6) is 2.41. The largest absolute Gasteiger partial charge is 0.493 e. The van der Waals surface area contributed by atoms with E-state index in [4.69, 9.17) is 9.47 Å². The number of aromatic nitrogens is 1. The van der Waals surface area contributed by atoms with Gasteiger partial charge in [0.15, 0.2) is 11.5 Å². The zero-order valence-corrected chi connectivity index (χ0v) is 11.9. The molecule has 0 bridgehead atoms. The molecule has 20 heavy (non-hydrogen) atoms. The first-order valence-electron chi connectivity index (χ1n) is 6.78. The van der Waals surface area contributed by atoms with E-state index < -0.39 is 0 Å². The van der Waals surface area contributed by atoms with Crippen molar-refractivity contribution in [2.75, 3.05) is 19.0 Å². The minimum absolute atomic E-state index is 0.646. The topological polar surface area (TPSA) is 43.4 Å². The average molecular weight is 272 g/mol. The normalized spacial score (nSPS) is 10.1. The number of nitrogens with one attached hydrogen (secondary N) is 1. The summed E-state index contributed by atoms with van der Waals surface area (Å²) in [5.41, 5.74) is 1.06. The highest BCUT2D eigenvalue weighted by molar-refractivity contribution is 5.48. The van der Waals surface area contributed by atoms with Gasteiger partial charge in [0.05, 0.1) is 13.7 Å². The van der Waals surface area contributed by atoms with Crippen molar-refractivity contribution in [1.82, 2.24) is 4.98 Å². The number of pyridine rings is 1. The zero-order chi connectivity index (χ0) is 14.2. The molecule has 0 saturated heterocycles. The van der Waals surface area contributed by atoms with Crippen LogP contribution in [0, 0.1) is 0 Å². The Morgan fingerprint density at radius 2 is 2.05 bits per heavy atom. The third-order valence-corrected chi connectivity index (χ3v) is 2.86. The van der Waals surface area contributed by atoms with Crippen molar-refractivity contribution >= 4 is 5.82 Å². The molecule has 0 amide bonds. The monoisotopic (exact) mass is 272 g/mol. The molecule has 106 valence electrons. The van der Waals surface area contributed by atoms with Crippen molar-refractivity contribution in [2.24, 2.45) is 0 Å². The maximum atomic E-state index is 5.81. The van der Waals surface area contributed by atoms with Crippen LogP contribution in [0.5, 0.6) is 11.5 Å². The van der Waals surface area contributed by atoms with Crippen LogP contribution in [0.1, 0.15) is 18.9 Å². The van der Waals surface area contributed by atoms with Gasteiger partial charge in [0.25, 0.3) is 0 Å². The number of ether oxygens (including phenoxy) is 2. The van der Waals surface area contributed by atoms with E-state index in [1.807, 2.05) is 36.4 Å². The highest BCUT2D eigenvalue weighted by Crippen LogP contribution is 2.31. The maximum Gasteiger partial charge on any atom is 0.166 e. The van der Waals surface area contributed by atoms with Crippen molar-refractivity contribution in [1.29, 1.82) is 0 Å². The molecule has 1 heterocycles. The van der Waals surface area contributed by atoms with Gasteiger partial charge < -0.3 is 14.8 Å². The Morgan fingerprint density at radius 1 is 1.15 bits per heavy atom. The molecular weight excluding hydrogens is 252 g/mol. The third kappa shape index (κ3) is 3.63. The van der Waals surface area contributed by atoms with Crippen LogP contribution in [-0.2, 0) is 6.54 Å². The maximum absolute atomic E-state index is 5.81. The summed E-state index contributed by atoms with van der Waals surface area (Å²) in [4.78, 5) is 4.25. The summed E-state index contributed by atoms with van der Waals surface area (Å²) in [6, 6.07) is 11.7. The average Bonchev–Trinajstić information content (AvgIpc) is 2.52. The predicted molar refractivity (Wildman–Crippen MR) is 80.3 cm³/mol. The molecule has 0 radical (unpaired) electrons. The van der Waals surface area contributed by atoms with E-state index in [2.05, 4.69) is 17.2 Å². The van der Waals surface area contributed by atoms with Gasteiger partial charge in [0.1, 0.15) is 5.82 Å².